The van der Waals surface area contributed by atoms with Gasteiger partial charge in [0.2, 0.25) is 10.0 Å². The second kappa shape index (κ2) is 10.7. The molecule has 9 heteroatoms. The Bertz CT molecular complexity index is 1100. The molecule has 178 valence electrons. The van der Waals surface area contributed by atoms with E-state index in [9.17, 15) is 18.0 Å². The number of benzene rings is 2. The maximum absolute atomic E-state index is 13.1. The monoisotopic (exact) mass is 492 g/mol. The van der Waals surface area contributed by atoms with Crippen molar-refractivity contribution < 1.29 is 22.7 Å². The van der Waals surface area contributed by atoms with Crippen molar-refractivity contribution in [1.29, 1.82) is 0 Å². The van der Waals surface area contributed by atoms with E-state index in [4.69, 9.17) is 16.3 Å². The molecule has 3 rings (SSSR count). The highest BCUT2D eigenvalue weighted by atomic mass is 35.5. The molecule has 0 bridgehead atoms. The topological polar surface area (TPSA) is 92.8 Å². The first-order valence-electron chi connectivity index (χ1n) is 10.9. The van der Waals surface area contributed by atoms with Crippen molar-refractivity contribution in [2.24, 2.45) is 5.41 Å². The molecule has 0 radical (unpaired) electrons. The lowest BCUT2D eigenvalue weighted by atomic mass is 9.70. The Hall–Kier alpha value is -2.42. The third-order valence-corrected chi connectivity index (χ3v) is 8.09. The van der Waals surface area contributed by atoms with E-state index >= 15 is 0 Å². The van der Waals surface area contributed by atoms with Crippen LogP contribution in [-0.2, 0) is 30.8 Å². The Balaban J connectivity index is 1.68. The van der Waals surface area contributed by atoms with Crippen molar-refractivity contribution in [3.8, 4) is 0 Å². The van der Waals surface area contributed by atoms with Crippen molar-refractivity contribution in [3.05, 3.63) is 59.1 Å². The maximum atomic E-state index is 13.1. The summed E-state index contributed by atoms with van der Waals surface area (Å²) in [5, 5.41) is 2.73. The minimum absolute atomic E-state index is 0.00628. The molecule has 1 aliphatic carbocycles. The van der Waals surface area contributed by atoms with Crippen LogP contribution in [0.25, 0.3) is 0 Å². The van der Waals surface area contributed by atoms with E-state index in [1.54, 1.807) is 0 Å². The number of carbonyl (C=O) groups excluding carboxylic acids is 2. The van der Waals surface area contributed by atoms with Gasteiger partial charge in [0.25, 0.3) is 5.91 Å². The number of carbonyl (C=O) groups is 2. The molecule has 0 aromatic heterocycles. The third-order valence-electron chi connectivity index (χ3n) is 5.95. The van der Waals surface area contributed by atoms with Gasteiger partial charge in [-0.1, -0.05) is 61.2 Å². The molecule has 1 amide bonds. The fraction of sp³-hybridized carbons (Fsp3) is 0.417. The molecular formula is C24H29ClN2O5S. The molecule has 2 aromatic rings. The Morgan fingerprint density at radius 2 is 1.73 bits per heavy atom. The molecule has 0 spiro atoms. The zero-order chi connectivity index (χ0) is 24.1. The van der Waals surface area contributed by atoms with E-state index in [1.165, 1.54) is 32.3 Å². The summed E-state index contributed by atoms with van der Waals surface area (Å²) in [6, 6.07) is 13.9. The molecule has 7 nitrogen and oxygen atoms in total. The van der Waals surface area contributed by atoms with Crippen LogP contribution >= 0.6 is 11.6 Å². The zero-order valence-electron chi connectivity index (χ0n) is 18.8. The van der Waals surface area contributed by atoms with Gasteiger partial charge in [0, 0.05) is 14.1 Å². The Morgan fingerprint density at radius 1 is 1.06 bits per heavy atom. The lowest BCUT2D eigenvalue weighted by molar-refractivity contribution is -0.160. The summed E-state index contributed by atoms with van der Waals surface area (Å²) in [6.07, 6.45) is 4.98. The number of halogens is 1. The summed E-state index contributed by atoms with van der Waals surface area (Å²) in [7, 11) is -0.862. The molecule has 0 aliphatic heterocycles. The lowest BCUT2D eigenvalue weighted by Crippen LogP contribution is -2.38. The number of anilines is 1. The first kappa shape index (κ1) is 25.2. The quantitative estimate of drug-likeness (QED) is 0.555. The van der Waals surface area contributed by atoms with Crippen LogP contribution in [0.1, 0.15) is 37.7 Å². The smallest absolute Gasteiger partial charge is 0.312 e. The molecule has 0 unspecified atom stereocenters. The van der Waals surface area contributed by atoms with Gasteiger partial charge in [-0.05, 0) is 43.0 Å². The number of rotatable bonds is 8. The van der Waals surface area contributed by atoms with Gasteiger partial charge in [-0.15, -0.1) is 0 Å². The van der Waals surface area contributed by atoms with E-state index in [0.717, 1.165) is 42.0 Å². The number of sulfonamides is 1. The number of hydrogen-bond acceptors (Lipinski definition) is 5. The van der Waals surface area contributed by atoms with Crippen LogP contribution in [0.4, 0.5) is 5.69 Å². The molecule has 1 saturated carbocycles. The normalized spacial score (nSPS) is 15.8. The summed E-state index contributed by atoms with van der Waals surface area (Å²) in [5.41, 5.74) is 0.556. The number of ether oxygens (including phenoxy) is 1. The first-order valence-corrected chi connectivity index (χ1v) is 12.7. The minimum atomic E-state index is -3.69. The molecule has 0 heterocycles. The first-order chi connectivity index (χ1) is 15.6. The molecule has 0 saturated heterocycles. The number of amides is 1. The van der Waals surface area contributed by atoms with Crippen LogP contribution in [0.5, 0.6) is 0 Å². The highest BCUT2D eigenvalue weighted by molar-refractivity contribution is 7.89. The summed E-state index contributed by atoms with van der Waals surface area (Å²) in [6.45, 7) is -0.476. The standard InChI is InChI=1S/C24H29ClN2O5S/c1-27(2)33(30,31)19-11-12-20(25)21(15-19)26-22(28)17-32-23(29)24(13-7-4-8-14-24)16-18-9-5-3-6-10-18/h3,5-6,9-12,15H,4,7-8,13-14,16-17H2,1-2H3,(H,26,28). The summed E-state index contributed by atoms with van der Waals surface area (Å²) in [5.74, 6) is -0.966. The maximum Gasteiger partial charge on any atom is 0.312 e. The average Bonchev–Trinajstić information content (AvgIpc) is 2.80. The Morgan fingerprint density at radius 3 is 2.36 bits per heavy atom. The molecule has 1 aliphatic rings. The third kappa shape index (κ3) is 6.13. The van der Waals surface area contributed by atoms with Crippen LogP contribution < -0.4 is 5.32 Å². The Kier molecular flexibility index (Phi) is 8.15. The van der Waals surface area contributed by atoms with Crippen molar-refractivity contribution in [1.82, 2.24) is 4.31 Å². The van der Waals surface area contributed by atoms with Gasteiger partial charge in [-0.25, -0.2) is 12.7 Å². The SMILES string of the molecule is CN(C)S(=O)(=O)c1ccc(Cl)c(NC(=O)COC(=O)C2(Cc3ccccc3)CCCCC2)c1. The minimum Gasteiger partial charge on any atom is -0.455 e. The van der Waals surface area contributed by atoms with Gasteiger partial charge in [-0.2, -0.15) is 0 Å². The summed E-state index contributed by atoms with van der Waals surface area (Å²) >= 11 is 6.14. The molecular weight excluding hydrogens is 464 g/mol. The lowest BCUT2D eigenvalue weighted by Gasteiger charge is -2.35. The number of nitrogens with one attached hydrogen (secondary N) is 1. The highest BCUT2D eigenvalue weighted by Crippen LogP contribution is 2.40. The van der Waals surface area contributed by atoms with E-state index < -0.39 is 28.0 Å². The van der Waals surface area contributed by atoms with Crippen molar-refractivity contribution in [2.45, 2.75) is 43.4 Å². The van der Waals surface area contributed by atoms with E-state index in [2.05, 4.69) is 5.32 Å². The van der Waals surface area contributed by atoms with Crippen LogP contribution in [0.2, 0.25) is 5.02 Å². The summed E-state index contributed by atoms with van der Waals surface area (Å²) in [4.78, 5) is 25.6. The number of esters is 1. The molecule has 1 fully saturated rings. The van der Waals surface area contributed by atoms with Gasteiger partial charge < -0.3 is 10.1 Å². The van der Waals surface area contributed by atoms with E-state index in [1.807, 2.05) is 30.3 Å². The predicted octanol–water partition coefficient (Wildman–Crippen LogP) is 4.27. The van der Waals surface area contributed by atoms with E-state index in [-0.39, 0.29) is 21.6 Å². The van der Waals surface area contributed by atoms with Crippen molar-refractivity contribution >= 4 is 39.2 Å². The predicted molar refractivity (Wildman–Crippen MR) is 128 cm³/mol. The van der Waals surface area contributed by atoms with Crippen LogP contribution in [0, 0.1) is 5.41 Å². The Labute approximate surface area is 200 Å². The van der Waals surface area contributed by atoms with Crippen molar-refractivity contribution in [2.75, 3.05) is 26.0 Å². The largest absolute Gasteiger partial charge is 0.455 e. The van der Waals surface area contributed by atoms with E-state index in [0.29, 0.717) is 6.42 Å². The van der Waals surface area contributed by atoms with Crippen LogP contribution in [-0.4, -0.2) is 45.3 Å². The van der Waals surface area contributed by atoms with Gasteiger partial charge in [0.1, 0.15) is 0 Å². The molecule has 33 heavy (non-hydrogen) atoms. The second-order valence-corrected chi connectivity index (χ2v) is 11.1. The second-order valence-electron chi connectivity index (χ2n) is 8.56. The molecule has 1 N–H and O–H groups in total. The average molecular weight is 493 g/mol. The van der Waals surface area contributed by atoms with Gasteiger partial charge in [-0.3, -0.25) is 9.59 Å². The summed E-state index contributed by atoms with van der Waals surface area (Å²) < 4.78 is 31.2. The zero-order valence-corrected chi connectivity index (χ0v) is 20.4. The van der Waals surface area contributed by atoms with Crippen LogP contribution in [0.3, 0.4) is 0 Å². The number of nitrogens with zero attached hydrogens (tertiary/aromatic N) is 1. The molecule has 0 atom stereocenters. The van der Waals surface area contributed by atoms with Gasteiger partial charge >= 0.3 is 5.97 Å². The van der Waals surface area contributed by atoms with Gasteiger partial charge in [0.05, 0.1) is 21.0 Å². The fourth-order valence-corrected chi connectivity index (χ4v) is 5.20. The fourth-order valence-electron chi connectivity index (χ4n) is 4.11. The number of hydrogen-bond donors (Lipinski definition) is 1. The highest BCUT2D eigenvalue weighted by Gasteiger charge is 2.41. The van der Waals surface area contributed by atoms with Crippen LogP contribution in [0.15, 0.2) is 53.4 Å². The van der Waals surface area contributed by atoms with Gasteiger partial charge in [0.15, 0.2) is 6.61 Å². The van der Waals surface area contributed by atoms with Crippen molar-refractivity contribution in [3.63, 3.8) is 0 Å². The molecule has 2 aromatic carbocycles.